The van der Waals surface area contributed by atoms with Crippen LogP contribution in [-0.2, 0) is 11.2 Å². The standard InChI is InChI=1S/C15H19N3O3S/c19-7-5-12(10-1-2-10)16-13(20)3-4-14-17-18-15(21-14)11-6-8-22-9-11/h6,8-10,12,19H,1-5,7H2,(H,16,20). The minimum atomic E-state index is -0.0272. The van der Waals surface area contributed by atoms with Crippen molar-refractivity contribution in [2.75, 3.05) is 6.61 Å². The molecule has 1 aliphatic rings. The van der Waals surface area contributed by atoms with Crippen molar-refractivity contribution in [3.05, 3.63) is 22.7 Å². The van der Waals surface area contributed by atoms with Gasteiger partial charge in [0.2, 0.25) is 17.7 Å². The highest BCUT2D eigenvalue weighted by molar-refractivity contribution is 7.08. The Morgan fingerprint density at radius 2 is 2.36 bits per heavy atom. The number of thiophene rings is 1. The van der Waals surface area contributed by atoms with Crippen LogP contribution >= 0.6 is 11.3 Å². The van der Waals surface area contributed by atoms with Gasteiger partial charge in [0.15, 0.2) is 0 Å². The summed E-state index contributed by atoms with van der Waals surface area (Å²) in [6.45, 7) is 0.106. The second kappa shape index (κ2) is 7.02. The number of carbonyl (C=O) groups excluding carboxylic acids is 1. The number of aromatic nitrogens is 2. The Morgan fingerprint density at radius 1 is 1.50 bits per heavy atom. The summed E-state index contributed by atoms with van der Waals surface area (Å²) in [5.74, 6) is 1.47. The zero-order valence-corrected chi connectivity index (χ0v) is 13.0. The molecule has 0 radical (unpaired) electrons. The van der Waals surface area contributed by atoms with Crippen LogP contribution < -0.4 is 5.32 Å². The van der Waals surface area contributed by atoms with Crippen molar-refractivity contribution in [2.45, 2.75) is 38.1 Å². The van der Waals surface area contributed by atoms with Gasteiger partial charge in [0.25, 0.3) is 0 Å². The van der Waals surface area contributed by atoms with Crippen LogP contribution in [0.15, 0.2) is 21.2 Å². The van der Waals surface area contributed by atoms with Crippen molar-refractivity contribution in [1.82, 2.24) is 15.5 Å². The fraction of sp³-hybridized carbons (Fsp3) is 0.533. The molecule has 118 valence electrons. The molecule has 2 aromatic heterocycles. The largest absolute Gasteiger partial charge is 0.421 e. The number of nitrogens with one attached hydrogen (secondary N) is 1. The van der Waals surface area contributed by atoms with Crippen molar-refractivity contribution in [3.8, 4) is 11.5 Å². The number of aliphatic hydroxyl groups excluding tert-OH is 1. The molecule has 0 bridgehead atoms. The van der Waals surface area contributed by atoms with Gasteiger partial charge < -0.3 is 14.8 Å². The minimum Gasteiger partial charge on any atom is -0.421 e. The molecule has 0 saturated heterocycles. The van der Waals surface area contributed by atoms with Crippen molar-refractivity contribution >= 4 is 17.2 Å². The van der Waals surface area contributed by atoms with E-state index in [0.717, 1.165) is 18.4 Å². The fourth-order valence-electron chi connectivity index (χ4n) is 2.42. The van der Waals surface area contributed by atoms with Crippen LogP contribution in [0.2, 0.25) is 0 Å². The lowest BCUT2D eigenvalue weighted by atomic mass is 10.1. The second-order valence-electron chi connectivity index (χ2n) is 5.54. The van der Waals surface area contributed by atoms with E-state index in [-0.39, 0.29) is 18.6 Å². The average Bonchev–Trinajstić information content (AvgIpc) is 3.02. The van der Waals surface area contributed by atoms with E-state index >= 15 is 0 Å². The summed E-state index contributed by atoms with van der Waals surface area (Å²) in [6, 6.07) is 2.02. The van der Waals surface area contributed by atoms with Crippen LogP contribution in [0.5, 0.6) is 0 Å². The number of rotatable bonds is 8. The van der Waals surface area contributed by atoms with Gasteiger partial charge in [0.1, 0.15) is 0 Å². The van der Waals surface area contributed by atoms with E-state index < -0.39 is 0 Å². The summed E-state index contributed by atoms with van der Waals surface area (Å²) in [7, 11) is 0. The van der Waals surface area contributed by atoms with E-state index in [9.17, 15) is 4.79 Å². The Bertz CT molecular complexity index is 607. The molecule has 7 heteroatoms. The predicted molar refractivity (Wildman–Crippen MR) is 82.3 cm³/mol. The molecule has 2 aromatic rings. The topological polar surface area (TPSA) is 88.2 Å². The summed E-state index contributed by atoms with van der Waals surface area (Å²) < 4.78 is 5.56. The molecule has 2 N–H and O–H groups in total. The van der Waals surface area contributed by atoms with Crippen molar-refractivity contribution < 1.29 is 14.3 Å². The van der Waals surface area contributed by atoms with E-state index in [1.54, 1.807) is 11.3 Å². The number of carbonyl (C=O) groups is 1. The number of hydrogen-bond acceptors (Lipinski definition) is 6. The van der Waals surface area contributed by atoms with E-state index in [0.29, 0.717) is 37.0 Å². The van der Waals surface area contributed by atoms with Gasteiger partial charge in [-0.3, -0.25) is 4.79 Å². The second-order valence-corrected chi connectivity index (χ2v) is 6.32. The molecule has 0 aliphatic heterocycles. The molecule has 0 aromatic carbocycles. The first-order chi connectivity index (χ1) is 10.8. The molecule has 22 heavy (non-hydrogen) atoms. The number of aryl methyl sites for hydroxylation is 1. The summed E-state index contributed by atoms with van der Waals surface area (Å²) in [5.41, 5.74) is 0.907. The monoisotopic (exact) mass is 321 g/mol. The maximum Gasteiger partial charge on any atom is 0.248 e. The average molecular weight is 321 g/mol. The molecule has 1 amide bonds. The molecule has 1 unspecified atom stereocenters. The van der Waals surface area contributed by atoms with Crippen molar-refractivity contribution in [2.24, 2.45) is 5.92 Å². The Kier molecular flexibility index (Phi) is 4.84. The maximum absolute atomic E-state index is 12.0. The van der Waals surface area contributed by atoms with Gasteiger partial charge in [-0.2, -0.15) is 11.3 Å². The maximum atomic E-state index is 12.0. The predicted octanol–water partition coefficient (Wildman–Crippen LogP) is 2.01. The van der Waals surface area contributed by atoms with Gasteiger partial charge in [-0.1, -0.05) is 0 Å². The third kappa shape index (κ3) is 3.92. The molecule has 1 aliphatic carbocycles. The Hall–Kier alpha value is -1.73. The molecule has 1 atom stereocenters. The highest BCUT2D eigenvalue weighted by Crippen LogP contribution is 2.33. The first-order valence-electron chi connectivity index (χ1n) is 7.51. The summed E-state index contributed by atoms with van der Waals surface area (Å²) >= 11 is 1.57. The zero-order chi connectivity index (χ0) is 15.4. The minimum absolute atomic E-state index is 0.0272. The molecule has 6 nitrogen and oxygen atoms in total. The molecule has 0 spiro atoms. The smallest absolute Gasteiger partial charge is 0.248 e. The Balaban J connectivity index is 1.48. The van der Waals surface area contributed by atoms with E-state index in [4.69, 9.17) is 9.52 Å². The van der Waals surface area contributed by atoms with E-state index in [1.165, 1.54) is 0 Å². The van der Waals surface area contributed by atoms with Crippen LogP contribution in [0.3, 0.4) is 0 Å². The molecular formula is C15H19N3O3S. The summed E-state index contributed by atoms with van der Waals surface area (Å²) in [5, 5.41) is 23.9. The van der Waals surface area contributed by atoms with Gasteiger partial charge in [-0.05, 0) is 36.6 Å². The highest BCUT2D eigenvalue weighted by atomic mass is 32.1. The molecular weight excluding hydrogens is 302 g/mol. The van der Waals surface area contributed by atoms with Gasteiger partial charge in [0.05, 0.1) is 0 Å². The van der Waals surface area contributed by atoms with Gasteiger partial charge >= 0.3 is 0 Å². The lowest BCUT2D eigenvalue weighted by Gasteiger charge is -2.16. The van der Waals surface area contributed by atoms with Crippen molar-refractivity contribution in [1.29, 1.82) is 0 Å². The first-order valence-corrected chi connectivity index (χ1v) is 8.45. The third-order valence-corrected chi connectivity index (χ3v) is 4.46. The first kappa shape index (κ1) is 15.2. The van der Waals surface area contributed by atoms with Gasteiger partial charge in [0, 0.05) is 36.4 Å². The zero-order valence-electron chi connectivity index (χ0n) is 12.2. The van der Waals surface area contributed by atoms with E-state index in [2.05, 4.69) is 15.5 Å². The molecule has 3 rings (SSSR count). The van der Waals surface area contributed by atoms with E-state index in [1.807, 2.05) is 16.8 Å². The highest BCUT2D eigenvalue weighted by Gasteiger charge is 2.31. The number of aliphatic hydroxyl groups is 1. The molecule has 1 fully saturated rings. The van der Waals surface area contributed by atoms with Crippen LogP contribution in [0, 0.1) is 5.92 Å². The lowest BCUT2D eigenvalue weighted by molar-refractivity contribution is -0.122. The third-order valence-electron chi connectivity index (χ3n) is 3.78. The van der Waals surface area contributed by atoms with Crippen LogP contribution in [-0.4, -0.2) is 33.9 Å². The molecule has 1 saturated carbocycles. The number of hydrogen-bond donors (Lipinski definition) is 2. The quantitative estimate of drug-likeness (QED) is 0.776. The van der Waals surface area contributed by atoms with Gasteiger partial charge in [-0.25, -0.2) is 0 Å². The summed E-state index contributed by atoms with van der Waals surface area (Å²) in [6.07, 6.45) is 3.65. The fourth-order valence-corrected chi connectivity index (χ4v) is 3.05. The SMILES string of the molecule is O=C(CCc1nnc(-c2ccsc2)o1)NC(CCO)C1CC1. The Morgan fingerprint density at radius 3 is 3.05 bits per heavy atom. The normalized spacial score (nSPS) is 15.7. The van der Waals surface area contributed by atoms with Gasteiger partial charge in [-0.15, -0.1) is 10.2 Å². The number of nitrogens with zero attached hydrogens (tertiary/aromatic N) is 2. The number of amides is 1. The summed E-state index contributed by atoms with van der Waals surface area (Å²) in [4.78, 5) is 12.0. The van der Waals surface area contributed by atoms with Crippen molar-refractivity contribution in [3.63, 3.8) is 0 Å². The Labute approximate surface area is 132 Å². The lowest BCUT2D eigenvalue weighted by Crippen LogP contribution is -2.37. The van der Waals surface area contributed by atoms with Crippen LogP contribution in [0.1, 0.15) is 31.6 Å². The van der Waals surface area contributed by atoms with Crippen LogP contribution in [0.4, 0.5) is 0 Å². The molecule has 2 heterocycles. The van der Waals surface area contributed by atoms with Crippen LogP contribution in [0.25, 0.3) is 11.5 Å².